The van der Waals surface area contributed by atoms with Crippen LogP contribution in [0.3, 0.4) is 0 Å². The second kappa shape index (κ2) is 7.62. The molecule has 1 fully saturated rings. The molecule has 0 radical (unpaired) electrons. The molecule has 0 amide bonds. The molecule has 1 aliphatic carbocycles. The maximum absolute atomic E-state index is 13.8. The fraction of sp³-hybridized carbons (Fsp3) is 0.409. The fourth-order valence-electron chi connectivity index (χ4n) is 3.93. The van der Waals surface area contributed by atoms with Crippen LogP contribution in [0.4, 0.5) is 4.39 Å². The number of nitriles is 1. The Hall–Kier alpha value is -2.14. The van der Waals surface area contributed by atoms with Crippen molar-refractivity contribution in [1.82, 2.24) is 0 Å². The third-order valence-corrected chi connectivity index (χ3v) is 5.35. The molecule has 0 saturated heterocycles. The quantitative estimate of drug-likeness (QED) is 0.636. The first kappa shape index (κ1) is 16.7. The molecule has 0 aromatic heterocycles. The Bertz CT molecular complexity index is 719. The average molecular weight is 321 g/mol. The second-order valence-electron chi connectivity index (χ2n) is 6.93. The van der Waals surface area contributed by atoms with Crippen molar-refractivity contribution in [2.45, 2.75) is 51.4 Å². The molecule has 0 N–H and O–H groups in total. The highest BCUT2D eigenvalue weighted by atomic mass is 19.1. The van der Waals surface area contributed by atoms with Crippen molar-refractivity contribution < 1.29 is 4.39 Å². The van der Waals surface area contributed by atoms with Gasteiger partial charge in [-0.25, -0.2) is 4.39 Å². The van der Waals surface area contributed by atoms with Gasteiger partial charge in [0.05, 0.1) is 5.56 Å². The lowest BCUT2D eigenvalue weighted by Gasteiger charge is -2.28. The van der Waals surface area contributed by atoms with Crippen LogP contribution in [0.5, 0.6) is 0 Å². The Morgan fingerprint density at radius 3 is 2.25 bits per heavy atom. The van der Waals surface area contributed by atoms with Gasteiger partial charge in [-0.2, -0.15) is 5.26 Å². The van der Waals surface area contributed by atoms with Crippen molar-refractivity contribution in [1.29, 1.82) is 5.26 Å². The van der Waals surface area contributed by atoms with Gasteiger partial charge in [-0.15, -0.1) is 0 Å². The van der Waals surface area contributed by atoms with Crippen molar-refractivity contribution in [3.63, 3.8) is 0 Å². The Labute approximate surface area is 144 Å². The van der Waals surface area contributed by atoms with Gasteiger partial charge < -0.3 is 0 Å². The van der Waals surface area contributed by atoms with Crippen LogP contribution in [0.2, 0.25) is 0 Å². The number of nitrogens with zero attached hydrogens (tertiary/aromatic N) is 1. The maximum atomic E-state index is 13.8. The van der Waals surface area contributed by atoms with E-state index in [1.54, 1.807) is 6.07 Å². The molecule has 2 aromatic carbocycles. The summed E-state index contributed by atoms with van der Waals surface area (Å²) in [6.07, 6.45) is 7.94. The van der Waals surface area contributed by atoms with Crippen molar-refractivity contribution in [3.05, 3.63) is 59.4 Å². The monoisotopic (exact) mass is 321 g/mol. The van der Waals surface area contributed by atoms with E-state index in [0.717, 1.165) is 17.0 Å². The summed E-state index contributed by atoms with van der Waals surface area (Å²) in [5.41, 5.74) is 3.33. The molecule has 0 aliphatic heterocycles. The van der Waals surface area contributed by atoms with E-state index in [9.17, 15) is 4.39 Å². The van der Waals surface area contributed by atoms with Crippen LogP contribution < -0.4 is 0 Å². The molecule has 0 spiro atoms. The summed E-state index contributed by atoms with van der Waals surface area (Å²) in [6, 6.07) is 15.2. The van der Waals surface area contributed by atoms with Gasteiger partial charge in [0.25, 0.3) is 0 Å². The SMILES string of the molecule is CCCC1CCC(c2ccc(-c3ccc(C#N)c(F)c3)cc2)CC1. The van der Waals surface area contributed by atoms with Crippen LogP contribution in [-0.2, 0) is 0 Å². The molecule has 0 unspecified atom stereocenters. The molecule has 1 saturated carbocycles. The third-order valence-electron chi connectivity index (χ3n) is 5.35. The van der Waals surface area contributed by atoms with E-state index in [1.807, 2.05) is 12.1 Å². The minimum Gasteiger partial charge on any atom is -0.206 e. The molecule has 2 aromatic rings. The molecule has 0 bridgehead atoms. The van der Waals surface area contributed by atoms with Crippen LogP contribution in [0.1, 0.15) is 62.5 Å². The van der Waals surface area contributed by atoms with Gasteiger partial charge in [0, 0.05) is 0 Å². The Morgan fingerprint density at radius 1 is 1.00 bits per heavy atom. The highest BCUT2D eigenvalue weighted by Gasteiger charge is 2.21. The minimum atomic E-state index is -0.451. The van der Waals surface area contributed by atoms with Gasteiger partial charge in [-0.05, 0) is 66.3 Å². The summed E-state index contributed by atoms with van der Waals surface area (Å²) in [4.78, 5) is 0. The number of halogens is 1. The summed E-state index contributed by atoms with van der Waals surface area (Å²) in [5, 5.41) is 8.82. The summed E-state index contributed by atoms with van der Waals surface area (Å²) in [7, 11) is 0. The molecule has 1 nitrogen and oxygen atoms in total. The number of hydrogen-bond acceptors (Lipinski definition) is 1. The first-order valence-corrected chi connectivity index (χ1v) is 9.01. The van der Waals surface area contributed by atoms with Gasteiger partial charge in [0.2, 0.25) is 0 Å². The lowest BCUT2D eigenvalue weighted by molar-refractivity contribution is 0.308. The molecule has 0 heterocycles. The zero-order valence-electron chi connectivity index (χ0n) is 14.3. The van der Waals surface area contributed by atoms with Crippen LogP contribution in [-0.4, -0.2) is 0 Å². The van der Waals surface area contributed by atoms with Crippen LogP contribution in [0.15, 0.2) is 42.5 Å². The van der Waals surface area contributed by atoms with E-state index >= 15 is 0 Å². The highest BCUT2D eigenvalue weighted by molar-refractivity contribution is 5.64. The molecular weight excluding hydrogens is 297 g/mol. The molecular formula is C22H24FN. The van der Waals surface area contributed by atoms with Gasteiger partial charge in [0.15, 0.2) is 0 Å². The zero-order chi connectivity index (χ0) is 16.9. The molecule has 1 aliphatic rings. The Balaban J connectivity index is 1.70. The Kier molecular flexibility index (Phi) is 5.30. The fourth-order valence-corrected chi connectivity index (χ4v) is 3.93. The van der Waals surface area contributed by atoms with Gasteiger partial charge in [0.1, 0.15) is 11.9 Å². The van der Waals surface area contributed by atoms with E-state index in [2.05, 4.69) is 31.2 Å². The van der Waals surface area contributed by atoms with E-state index in [1.165, 1.54) is 50.2 Å². The summed E-state index contributed by atoms with van der Waals surface area (Å²) >= 11 is 0. The lowest BCUT2D eigenvalue weighted by Crippen LogP contribution is -2.13. The number of benzene rings is 2. The standard InChI is InChI=1S/C22H24FN/c1-2-3-16-4-6-17(7-5-16)18-8-10-19(11-9-18)20-12-13-21(15-24)22(23)14-20/h8-14,16-17H,2-7H2,1H3. The van der Waals surface area contributed by atoms with Gasteiger partial charge in [-0.3, -0.25) is 0 Å². The number of rotatable bonds is 4. The summed E-state index contributed by atoms with van der Waals surface area (Å²) < 4.78 is 13.8. The molecule has 24 heavy (non-hydrogen) atoms. The maximum Gasteiger partial charge on any atom is 0.141 e. The predicted molar refractivity (Wildman–Crippen MR) is 96.2 cm³/mol. The van der Waals surface area contributed by atoms with E-state index in [-0.39, 0.29) is 5.56 Å². The largest absolute Gasteiger partial charge is 0.206 e. The van der Waals surface area contributed by atoms with Crippen LogP contribution in [0.25, 0.3) is 11.1 Å². The van der Waals surface area contributed by atoms with Crippen LogP contribution >= 0.6 is 0 Å². The first-order valence-electron chi connectivity index (χ1n) is 9.01. The average Bonchev–Trinajstić information content (AvgIpc) is 2.63. The van der Waals surface area contributed by atoms with E-state index < -0.39 is 5.82 Å². The third kappa shape index (κ3) is 3.67. The normalized spacial score (nSPS) is 20.5. The van der Waals surface area contributed by atoms with Crippen molar-refractivity contribution in [2.75, 3.05) is 0 Å². The first-order chi connectivity index (χ1) is 11.7. The summed E-state index contributed by atoms with van der Waals surface area (Å²) in [5.74, 6) is 1.14. The number of hydrogen-bond donors (Lipinski definition) is 0. The van der Waals surface area contributed by atoms with Crippen LogP contribution in [0, 0.1) is 23.1 Å². The molecule has 0 atom stereocenters. The Morgan fingerprint density at radius 2 is 1.67 bits per heavy atom. The van der Waals surface area contributed by atoms with Crippen molar-refractivity contribution >= 4 is 0 Å². The zero-order valence-corrected chi connectivity index (χ0v) is 14.3. The van der Waals surface area contributed by atoms with Gasteiger partial charge >= 0.3 is 0 Å². The predicted octanol–water partition coefficient (Wildman–Crippen LogP) is 6.44. The summed E-state index contributed by atoms with van der Waals surface area (Å²) in [6.45, 7) is 2.27. The van der Waals surface area contributed by atoms with Crippen molar-refractivity contribution in [3.8, 4) is 17.2 Å². The molecule has 2 heteroatoms. The van der Waals surface area contributed by atoms with Crippen molar-refractivity contribution in [2.24, 2.45) is 5.92 Å². The van der Waals surface area contributed by atoms with E-state index in [4.69, 9.17) is 5.26 Å². The lowest BCUT2D eigenvalue weighted by atomic mass is 9.77. The minimum absolute atomic E-state index is 0.0965. The smallest absolute Gasteiger partial charge is 0.141 e. The molecule has 3 rings (SSSR count). The second-order valence-corrected chi connectivity index (χ2v) is 6.93. The van der Waals surface area contributed by atoms with Gasteiger partial charge in [-0.1, -0.05) is 50.1 Å². The molecule has 124 valence electrons. The highest BCUT2D eigenvalue weighted by Crippen LogP contribution is 2.38. The topological polar surface area (TPSA) is 23.8 Å². The van der Waals surface area contributed by atoms with E-state index in [0.29, 0.717) is 5.92 Å².